The molecule has 2 rings (SSSR count). The molecule has 2 aromatic heterocycles. The predicted octanol–water partition coefficient (Wildman–Crippen LogP) is 2.70. The van der Waals surface area contributed by atoms with E-state index in [1.165, 1.54) is 0 Å². The molecular weight excluding hydrogens is 254 g/mol. The van der Waals surface area contributed by atoms with Crippen molar-refractivity contribution in [3.8, 4) is 5.75 Å². The van der Waals surface area contributed by atoms with Crippen LogP contribution in [0.1, 0.15) is 31.0 Å². The van der Waals surface area contributed by atoms with Crippen molar-refractivity contribution in [1.82, 2.24) is 15.5 Å². The summed E-state index contributed by atoms with van der Waals surface area (Å²) < 4.78 is 10.6. The van der Waals surface area contributed by atoms with Crippen LogP contribution in [0.2, 0.25) is 0 Å². The van der Waals surface area contributed by atoms with Crippen LogP contribution in [-0.2, 0) is 13.2 Å². The lowest BCUT2D eigenvalue weighted by atomic mass is 10.2. The molecule has 0 saturated carbocycles. The lowest BCUT2D eigenvalue weighted by Crippen LogP contribution is -2.19. The average Bonchev–Trinajstić information content (AvgIpc) is 2.83. The number of nitrogens with zero attached hydrogens (tertiary/aromatic N) is 2. The molecule has 20 heavy (non-hydrogen) atoms. The van der Waals surface area contributed by atoms with Crippen molar-refractivity contribution in [3.63, 3.8) is 0 Å². The zero-order valence-electron chi connectivity index (χ0n) is 12.2. The van der Waals surface area contributed by atoms with E-state index in [0.29, 0.717) is 12.5 Å². The molecule has 108 valence electrons. The fourth-order valence-electron chi connectivity index (χ4n) is 1.73. The van der Waals surface area contributed by atoms with Gasteiger partial charge in [-0.1, -0.05) is 19.0 Å². The van der Waals surface area contributed by atoms with Gasteiger partial charge in [0.05, 0.1) is 11.9 Å². The van der Waals surface area contributed by atoms with Gasteiger partial charge in [0.1, 0.15) is 23.8 Å². The summed E-state index contributed by atoms with van der Waals surface area (Å²) in [5.41, 5.74) is 1.79. The highest BCUT2D eigenvalue weighted by Crippen LogP contribution is 2.12. The molecule has 1 N–H and O–H groups in total. The van der Waals surface area contributed by atoms with Crippen LogP contribution in [0.4, 0.5) is 0 Å². The molecule has 0 unspecified atom stereocenters. The van der Waals surface area contributed by atoms with Crippen LogP contribution >= 0.6 is 0 Å². The number of aromatic nitrogens is 2. The minimum absolute atomic E-state index is 0.393. The summed E-state index contributed by atoms with van der Waals surface area (Å²) in [6.07, 6.45) is 1.74. The highest BCUT2D eigenvalue weighted by Gasteiger charge is 2.02. The van der Waals surface area contributed by atoms with E-state index in [1.54, 1.807) is 6.20 Å². The summed E-state index contributed by atoms with van der Waals surface area (Å²) in [6.45, 7) is 8.39. The van der Waals surface area contributed by atoms with Crippen LogP contribution in [0, 0.1) is 12.8 Å². The average molecular weight is 275 g/mol. The van der Waals surface area contributed by atoms with Gasteiger partial charge in [0.2, 0.25) is 0 Å². The monoisotopic (exact) mass is 275 g/mol. The third kappa shape index (κ3) is 4.66. The van der Waals surface area contributed by atoms with Crippen LogP contribution in [0.25, 0.3) is 0 Å². The summed E-state index contributed by atoms with van der Waals surface area (Å²) in [4.78, 5) is 4.36. The lowest BCUT2D eigenvalue weighted by molar-refractivity contribution is 0.286. The van der Waals surface area contributed by atoms with E-state index in [2.05, 4.69) is 29.3 Å². The van der Waals surface area contributed by atoms with Crippen molar-refractivity contribution in [2.75, 3.05) is 6.54 Å². The number of rotatable bonds is 7. The van der Waals surface area contributed by atoms with E-state index >= 15 is 0 Å². The molecule has 5 heteroatoms. The standard InChI is InChI=1S/C15H21N3O2/c1-11(2)7-16-8-13-4-5-15(9-17-13)19-10-14-6-12(3)20-18-14/h4-6,9,11,16H,7-8,10H2,1-3H3. The van der Waals surface area contributed by atoms with E-state index in [0.717, 1.165) is 36.0 Å². The first-order valence-corrected chi connectivity index (χ1v) is 6.84. The fourth-order valence-corrected chi connectivity index (χ4v) is 1.73. The van der Waals surface area contributed by atoms with Gasteiger partial charge in [-0.25, -0.2) is 0 Å². The number of hydrogen-bond acceptors (Lipinski definition) is 5. The summed E-state index contributed by atoms with van der Waals surface area (Å²) >= 11 is 0. The molecule has 2 aromatic rings. The second-order valence-corrected chi connectivity index (χ2v) is 5.23. The predicted molar refractivity (Wildman–Crippen MR) is 76.4 cm³/mol. The van der Waals surface area contributed by atoms with Gasteiger partial charge in [0.15, 0.2) is 0 Å². The third-order valence-corrected chi connectivity index (χ3v) is 2.72. The van der Waals surface area contributed by atoms with Gasteiger partial charge in [-0.05, 0) is 31.5 Å². The van der Waals surface area contributed by atoms with Crippen LogP contribution in [0.3, 0.4) is 0 Å². The molecule has 0 aromatic carbocycles. The topological polar surface area (TPSA) is 60.2 Å². The maximum absolute atomic E-state index is 5.60. The molecule has 0 radical (unpaired) electrons. The van der Waals surface area contributed by atoms with Crippen molar-refractivity contribution in [3.05, 3.63) is 41.5 Å². The molecule has 0 aliphatic heterocycles. The van der Waals surface area contributed by atoms with Crippen LogP contribution in [0.5, 0.6) is 5.75 Å². The van der Waals surface area contributed by atoms with Gasteiger partial charge in [-0.15, -0.1) is 0 Å². The smallest absolute Gasteiger partial charge is 0.138 e. The van der Waals surface area contributed by atoms with Crippen molar-refractivity contribution in [2.45, 2.75) is 33.9 Å². The summed E-state index contributed by atoms with van der Waals surface area (Å²) in [5.74, 6) is 2.16. The Morgan fingerprint density at radius 1 is 1.30 bits per heavy atom. The van der Waals surface area contributed by atoms with Crippen LogP contribution in [-0.4, -0.2) is 16.7 Å². The number of nitrogens with one attached hydrogen (secondary N) is 1. The number of aryl methyl sites for hydroxylation is 1. The Morgan fingerprint density at radius 3 is 2.75 bits per heavy atom. The van der Waals surface area contributed by atoms with Crippen molar-refractivity contribution in [1.29, 1.82) is 0 Å². The van der Waals surface area contributed by atoms with E-state index in [4.69, 9.17) is 9.26 Å². The molecule has 0 aliphatic rings. The summed E-state index contributed by atoms with van der Waals surface area (Å²) in [7, 11) is 0. The zero-order chi connectivity index (χ0) is 14.4. The highest BCUT2D eigenvalue weighted by molar-refractivity contribution is 5.20. The molecule has 0 atom stereocenters. The lowest BCUT2D eigenvalue weighted by Gasteiger charge is -2.08. The van der Waals surface area contributed by atoms with Gasteiger partial charge >= 0.3 is 0 Å². The van der Waals surface area contributed by atoms with Gasteiger partial charge in [0, 0.05) is 12.6 Å². The number of hydrogen-bond donors (Lipinski definition) is 1. The van der Waals surface area contributed by atoms with E-state index in [1.807, 2.05) is 25.1 Å². The maximum Gasteiger partial charge on any atom is 0.138 e. The summed E-state index contributed by atoms with van der Waals surface area (Å²) in [6, 6.07) is 5.75. The van der Waals surface area contributed by atoms with Crippen molar-refractivity contribution in [2.24, 2.45) is 5.92 Å². The van der Waals surface area contributed by atoms with Crippen LogP contribution < -0.4 is 10.1 Å². The molecule has 2 heterocycles. The van der Waals surface area contributed by atoms with E-state index in [9.17, 15) is 0 Å². The second kappa shape index (κ2) is 7.05. The first-order valence-electron chi connectivity index (χ1n) is 6.84. The largest absolute Gasteiger partial charge is 0.486 e. The highest BCUT2D eigenvalue weighted by atomic mass is 16.5. The van der Waals surface area contributed by atoms with E-state index < -0.39 is 0 Å². The number of pyridine rings is 1. The van der Waals surface area contributed by atoms with Gasteiger partial charge in [-0.3, -0.25) is 4.98 Å². The maximum atomic E-state index is 5.60. The molecule has 0 fully saturated rings. The molecule has 5 nitrogen and oxygen atoms in total. The minimum atomic E-state index is 0.393. The zero-order valence-corrected chi connectivity index (χ0v) is 12.2. The third-order valence-electron chi connectivity index (χ3n) is 2.72. The Labute approximate surface area is 119 Å². The molecule has 0 saturated heterocycles. The Bertz CT molecular complexity index is 520. The van der Waals surface area contributed by atoms with Gasteiger partial charge < -0.3 is 14.6 Å². The molecule has 0 spiro atoms. The molecule has 0 aliphatic carbocycles. The van der Waals surface area contributed by atoms with E-state index in [-0.39, 0.29) is 0 Å². The Morgan fingerprint density at radius 2 is 2.15 bits per heavy atom. The molecular formula is C15H21N3O2. The Hall–Kier alpha value is -1.88. The molecule has 0 bridgehead atoms. The first kappa shape index (κ1) is 14.5. The summed E-state index contributed by atoms with van der Waals surface area (Å²) in [5, 5.41) is 7.23. The van der Waals surface area contributed by atoms with Gasteiger partial charge in [-0.2, -0.15) is 0 Å². The second-order valence-electron chi connectivity index (χ2n) is 5.23. The Balaban J connectivity index is 1.79. The SMILES string of the molecule is Cc1cc(COc2ccc(CNCC(C)C)nc2)no1. The van der Waals surface area contributed by atoms with Gasteiger partial charge in [0.25, 0.3) is 0 Å². The van der Waals surface area contributed by atoms with Crippen LogP contribution in [0.15, 0.2) is 28.9 Å². The van der Waals surface area contributed by atoms with Crippen molar-refractivity contribution >= 4 is 0 Å². The first-order chi connectivity index (χ1) is 9.63. The normalized spacial score (nSPS) is 11.0. The Kier molecular flexibility index (Phi) is 5.12. The van der Waals surface area contributed by atoms with Crippen molar-refractivity contribution < 1.29 is 9.26 Å². The number of ether oxygens (including phenoxy) is 1. The quantitative estimate of drug-likeness (QED) is 0.842. The molecule has 0 amide bonds. The minimum Gasteiger partial charge on any atom is -0.486 e. The fraction of sp³-hybridized carbons (Fsp3) is 0.467.